The highest BCUT2D eigenvalue weighted by atomic mass is 16.2. The molecule has 0 aliphatic rings. The Kier molecular flexibility index (Phi) is 6.76. The van der Waals surface area contributed by atoms with Gasteiger partial charge in [0.1, 0.15) is 0 Å². The van der Waals surface area contributed by atoms with Gasteiger partial charge in [-0.3, -0.25) is 9.59 Å². The molecule has 5 nitrogen and oxygen atoms in total. The van der Waals surface area contributed by atoms with Crippen LogP contribution in [0.3, 0.4) is 0 Å². The van der Waals surface area contributed by atoms with E-state index in [0.717, 1.165) is 16.7 Å². The molecule has 3 rings (SSSR count). The van der Waals surface area contributed by atoms with Crippen LogP contribution in [0.25, 0.3) is 11.1 Å². The van der Waals surface area contributed by atoms with Gasteiger partial charge in [-0.1, -0.05) is 48.5 Å². The summed E-state index contributed by atoms with van der Waals surface area (Å²) in [6.45, 7) is 2.75. The van der Waals surface area contributed by atoms with E-state index in [1.807, 2.05) is 48.5 Å². The SMILES string of the molecule is Cc1ccccc1-c1ccc(C(=O)NCCC(=O)Nc2cccc(CN)c2)cc1. The molecule has 0 aliphatic carbocycles. The summed E-state index contributed by atoms with van der Waals surface area (Å²) in [6.07, 6.45) is 0.194. The molecule has 0 heterocycles. The van der Waals surface area contributed by atoms with Crippen LogP contribution in [0.4, 0.5) is 5.69 Å². The molecule has 3 aromatic carbocycles. The minimum Gasteiger partial charge on any atom is -0.352 e. The van der Waals surface area contributed by atoms with Crippen molar-refractivity contribution in [3.8, 4) is 11.1 Å². The number of hydrogen-bond acceptors (Lipinski definition) is 3. The van der Waals surface area contributed by atoms with Gasteiger partial charge in [-0.2, -0.15) is 0 Å². The number of amides is 2. The van der Waals surface area contributed by atoms with Gasteiger partial charge < -0.3 is 16.4 Å². The van der Waals surface area contributed by atoms with Crippen LogP contribution in [-0.4, -0.2) is 18.4 Å². The molecule has 5 heteroatoms. The van der Waals surface area contributed by atoms with E-state index in [4.69, 9.17) is 5.73 Å². The van der Waals surface area contributed by atoms with Crippen molar-refractivity contribution in [3.05, 3.63) is 89.5 Å². The number of anilines is 1. The van der Waals surface area contributed by atoms with Gasteiger partial charge in [-0.15, -0.1) is 0 Å². The second kappa shape index (κ2) is 9.66. The van der Waals surface area contributed by atoms with Crippen LogP contribution in [0.2, 0.25) is 0 Å². The molecule has 0 atom stereocenters. The van der Waals surface area contributed by atoms with Crippen molar-refractivity contribution >= 4 is 17.5 Å². The number of benzene rings is 3. The first-order valence-electron chi connectivity index (χ1n) is 9.60. The molecule has 0 unspecified atom stereocenters. The molecule has 2 amide bonds. The lowest BCUT2D eigenvalue weighted by molar-refractivity contribution is -0.116. The Balaban J connectivity index is 1.50. The van der Waals surface area contributed by atoms with Gasteiger partial charge in [0.25, 0.3) is 5.91 Å². The Labute approximate surface area is 170 Å². The van der Waals surface area contributed by atoms with Crippen LogP contribution >= 0.6 is 0 Å². The average Bonchev–Trinajstić information content (AvgIpc) is 2.74. The van der Waals surface area contributed by atoms with E-state index in [0.29, 0.717) is 17.8 Å². The highest BCUT2D eigenvalue weighted by Crippen LogP contribution is 2.23. The number of aryl methyl sites for hydroxylation is 1. The van der Waals surface area contributed by atoms with Crippen LogP contribution in [0.15, 0.2) is 72.8 Å². The third-order valence-corrected chi connectivity index (χ3v) is 4.69. The Morgan fingerprint density at radius 3 is 2.41 bits per heavy atom. The van der Waals surface area contributed by atoms with E-state index in [1.54, 1.807) is 12.1 Å². The van der Waals surface area contributed by atoms with Gasteiger partial charge >= 0.3 is 0 Å². The number of carbonyl (C=O) groups excluding carboxylic acids is 2. The second-order valence-electron chi connectivity index (χ2n) is 6.85. The molecule has 148 valence electrons. The van der Waals surface area contributed by atoms with E-state index in [1.165, 1.54) is 5.56 Å². The van der Waals surface area contributed by atoms with Crippen LogP contribution in [-0.2, 0) is 11.3 Å². The maximum atomic E-state index is 12.3. The van der Waals surface area contributed by atoms with Crippen LogP contribution in [0, 0.1) is 6.92 Å². The molecule has 0 aliphatic heterocycles. The Morgan fingerprint density at radius 2 is 1.69 bits per heavy atom. The summed E-state index contributed by atoms with van der Waals surface area (Å²) in [5, 5.41) is 5.60. The normalized spacial score (nSPS) is 10.4. The van der Waals surface area contributed by atoms with Gasteiger partial charge in [0, 0.05) is 30.8 Å². The molecular weight excluding hydrogens is 362 g/mol. The minimum atomic E-state index is -0.195. The standard InChI is InChI=1S/C24H25N3O2/c1-17-5-2-3-8-22(17)19-9-11-20(12-10-19)24(29)26-14-13-23(28)27-21-7-4-6-18(15-21)16-25/h2-12,15H,13-14,16,25H2,1H3,(H,26,29)(H,27,28). The molecule has 3 aromatic rings. The number of nitrogens with one attached hydrogen (secondary N) is 2. The van der Waals surface area contributed by atoms with Crippen molar-refractivity contribution in [1.82, 2.24) is 5.32 Å². The zero-order valence-electron chi connectivity index (χ0n) is 16.4. The lowest BCUT2D eigenvalue weighted by Crippen LogP contribution is -2.27. The van der Waals surface area contributed by atoms with Gasteiger partial charge in [0.05, 0.1) is 0 Å². The van der Waals surface area contributed by atoms with Gasteiger partial charge in [0.2, 0.25) is 5.91 Å². The lowest BCUT2D eigenvalue weighted by atomic mass is 9.99. The Hall–Kier alpha value is -3.44. The van der Waals surface area contributed by atoms with Crippen molar-refractivity contribution in [2.75, 3.05) is 11.9 Å². The molecule has 0 saturated carbocycles. The van der Waals surface area contributed by atoms with Crippen LogP contribution in [0.1, 0.15) is 27.9 Å². The van der Waals surface area contributed by atoms with Crippen molar-refractivity contribution in [2.24, 2.45) is 5.73 Å². The van der Waals surface area contributed by atoms with Crippen molar-refractivity contribution in [1.29, 1.82) is 0 Å². The zero-order chi connectivity index (χ0) is 20.6. The summed E-state index contributed by atoms with van der Waals surface area (Å²) in [5.41, 5.74) is 11.2. The fourth-order valence-electron chi connectivity index (χ4n) is 3.09. The van der Waals surface area contributed by atoms with E-state index in [9.17, 15) is 9.59 Å². The van der Waals surface area contributed by atoms with Gasteiger partial charge in [-0.25, -0.2) is 0 Å². The third-order valence-electron chi connectivity index (χ3n) is 4.69. The maximum absolute atomic E-state index is 12.3. The lowest BCUT2D eigenvalue weighted by Gasteiger charge is -2.09. The number of rotatable bonds is 7. The first kappa shape index (κ1) is 20.3. The topological polar surface area (TPSA) is 84.2 Å². The smallest absolute Gasteiger partial charge is 0.251 e. The third kappa shape index (κ3) is 5.53. The molecule has 4 N–H and O–H groups in total. The fourth-order valence-corrected chi connectivity index (χ4v) is 3.09. The van der Waals surface area contributed by atoms with E-state index in [-0.39, 0.29) is 24.8 Å². The summed E-state index contributed by atoms with van der Waals surface area (Å²) < 4.78 is 0. The van der Waals surface area contributed by atoms with Crippen LogP contribution < -0.4 is 16.4 Å². The van der Waals surface area contributed by atoms with Crippen molar-refractivity contribution in [2.45, 2.75) is 19.9 Å². The summed E-state index contributed by atoms with van der Waals surface area (Å²) >= 11 is 0. The Bertz CT molecular complexity index is 997. The van der Waals surface area contributed by atoms with Gasteiger partial charge in [0.15, 0.2) is 0 Å². The second-order valence-corrected chi connectivity index (χ2v) is 6.85. The number of nitrogens with two attached hydrogens (primary N) is 1. The summed E-state index contributed by atoms with van der Waals surface area (Å²) in [6, 6.07) is 23.0. The molecule has 0 saturated heterocycles. The maximum Gasteiger partial charge on any atom is 0.251 e. The fraction of sp³-hybridized carbons (Fsp3) is 0.167. The summed E-state index contributed by atoms with van der Waals surface area (Å²) in [4.78, 5) is 24.4. The minimum absolute atomic E-state index is 0.158. The number of carbonyl (C=O) groups is 2. The molecular formula is C24H25N3O2. The zero-order valence-corrected chi connectivity index (χ0v) is 16.4. The van der Waals surface area contributed by atoms with Gasteiger partial charge in [-0.05, 0) is 53.4 Å². The first-order valence-corrected chi connectivity index (χ1v) is 9.60. The predicted molar refractivity (Wildman–Crippen MR) is 117 cm³/mol. The van der Waals surface area contributed by atoms with E-state index in [2.05, 4.69) is 29.7 Å². The summed E-state index contributed by atoms with van der Waals surface area (Å²) in [5.74, 6) is -0.353. The number of hydrogen-bond donors (Lipinski definition) is 3. The molecule has 29 heavy (non-hydrogen) atoms. The largest absolute Gasteiger partial charge is 0.352 e. The van der Waals surface area contributed by atoms with E-state index < -0.39 is 0 Å². The molecule has 0 bridgehead atoms. The van der Waals surface area contributed by atoms with Crippen molar-refractivity contribution < 1.29 is 9.59 Å². The quantitative estimate of drug-likeness (QED) is 0.575. The Morgan fingerprint density at radius 1 is 0.931 bits per heavy atom. The molecule has 0 radical (unpaired) electrons. The molecule has 0 spiro atoms. The average molecular weight is 387 g/mol. The van der Waals surface area contributed by atoms with E-state index >= 15 is 0 Å². The monoisotopic (exact) mass is 387 g/mol. The highest BCUT2D eigenvalue weighted by Gasteiger charge is 2.08. The first-order chi connectivity index (χ1) is 14.1. The molecule has 0 aromatic heterocycles. The summed E-state index contributed by atoms with van der Waals surface area (Å²) in [7, 11) is 0. The molecule has 0 fully saturated rings. The van der Waals surface area contributed by atoms with Crippen molar-refractivity contribution in [3.63, 3.8) is 0 Å². The predicted octanol–water partition coefficient (Wildman–Crippen LogP) is 3.88. The highest BCUT2D eigenvalue weighted by molar-refractivity contribution is 5.95. The van der Waals surface area contributed by atoms with Crippen LogP contribution in [0.5, 0.6) is 0 Å².